The predicted molar refractivity (Wildman–Crippen MR) is 78.2 cm³/mol. The summed E-state index contributed by atoms with van der Waals surface area (Å²) < 4.78 is 32.2. The van der Waals surface area contributed by atoms with Gasteiger partial charge in [-0.1, -0.05) is 12.1 Å². The predicted octanol–water partition coefficient (Wildman–Crippen LogP) is 3.89. The molecule has 2 N–H and O–H groups in total. The molecule has 0 fully saturated rings. The summed E-state index contributed by atoms with van der Waals surface area (Å²) in [5.41, 5.74) is 6.56. The Bertz CT molecular complexity index is 564. The van der Waals surface area contributed by atoms with Gasteiger partial charge in [-0.3, -0.25) is 0 Å². The van der Waals surface area contributed by atoms with E-state index in [-0.39, 0.29) is 10.6 Å². The van der Waals surface area contributed by atoms with Gasteiger partial charge in [0, 0.05) is 11.4 Å². The average Bonchev–Trinajstić information content (AvgIpc) is 2.42. The van der Waals surface area contributed by atoms with Crippen molar-refractivity contribution < 1.29 is 13.5 Å². The third-order valence-corrected chi connectivity index (χ3v) is 3.90. The lowest BCUT2D eigenvalue weighted by molar-refractivity contribution is 0.414. The van der Waals surface area contributed by atoms with Crippen molar-refractivity contribution in [1.29, 1.82) is 0 Å². The van der Waals surface area contributed by atoms with Crippen LogP contribution >= 0.6 is 11.8 Å². The molecule has 0 aliphatic carbocycles. The molecule has 0 amide bonds. The molecule has 106 valence electrons. The molecule has 0 radical (unpaired) electrons. The fourth-order valence-corrected chi connectivity index (χ4v) is 2.72. The second-order valence-corrected chi connectivity index (χ2v) is 5.37. The van der Waals surface area contributed by atoms with E-state index in [2.05, 4.69) is 0 Å². The lowest BCUT2D eigenvalue weighted by Gasteiger charge is -2.06. The summed E-state index contributed by atoms with van der Waals surface area (Å²) >= 11 is 1.15. The van der Waals surface area contributed by atoms with E-state index in [0.29, 0.717) is 5.75 Å². The second-order valence-electron chi connectivity index (χ2n) is 4.26. The molecule has 5 heteroatoms. The van der Waals surface area contributed by atoms with E-state index >= 15 is 0 Å². The number of nitrogen functional groups attached to an aromatic ring is 1. The van der Waals surface area contributed by atoms with Crippen LogP contribution in [-0.2, 0) is 6.42 Å². The van der Waals surface area contributed by atoms with Gasteiger partial charge < -0.3 is 10.5 Å². The molecule has 2 nitrogen and oxygen atoms in total. The number of thioether (sulfide) groups is 1. The van der Waals surface area contributed by atoms with Gasteiger partial charge in [-0.05, 0) is 36.2 Å². The van der Waals surface area contributed by atoms with Gasteiger partial charge >= 0.3 is 0 Å². The Kier molecular flexibility index (Phi) is 4.84. The van der Waals surface area contributed by atoms with Crippen LogP contribution in [0, 0.1) is 11.6 Å². The van der Waals surface area contributed by atoms with Crippen LogP contribution in [0.3, 0.4) is 0 Å². The first-order valence-corrected chi connectivity index (χ1v) is 7.09. The maximum Gasteiger partial charge on any atom is 0.141 e. The lowest BCUT2D eigenvalue weighted by Crippen LogP contribution is -1.95. The van der Waals surface area contributed by atoms with E-state index in [4.69, 9.17) is 10.5 Å². The second kappa shape index (κ2) is 6.61. The van der Waals surface area contributed by atoms with Crippen LogP contribution < -0.4 is 10.5 Å². The number of ether oxygens (including phenoxy) is 1. The van der Waals surface area contributed by atoms with Crippen molar-refractivity contribution in [3.63, 3.8) is 0 Å². The van der Waals surface area contributed by atoms with Crippen LogP contribution in [0.5, 0.6) is 5.75 Å². The van der Waals surface area contributed by atoms with Crippen LogP contribution in [-0.4, -0.2) is 12.9 Å². The third kappa shape index (κ3) is 3.63. The summed E-state index contributed by atoms with van der Waals surface area (Å²) in [5, 5.41) is 0. The van der Waals surface area contributed by atoms with Crippen molar-refractivity contribution in [2.75, 3.05) is 18.6 Å². The number of hydrogen-bond acceptors (Lipinski definition) is 3. The standard InChI is InChI=1S/C15H15F2NOS/c1-19-12-4-2-10(3-5-12)6-7-20-15-13(16)8-11(18)9-14(15)17/h2-5,8-9H,6-7,18H2,1H3. The number of anilines is 1. The highest BCUT2D eigenvalue weighted by atomic mass is 32.2. The Balaban J connectivity index is 1.95. The highest BCUT2D eigenvalue weighted by molar-refractivity contribution is 7.99. The van der Waals surface area contributed by atoms with Gasteiger partial charge in [0.05, 0.1) is 12.0 Å². The summed E-state index contributed by atoms with van der Waals surface area (Å²) in [6.07, 6.45) is 0.720. The topological polar surface area (TPSA) is 35.2 Å². The minimum atomic E-state index is -0.609. The van der Waals surface area contributed by atoms with E-state index in [0.717, 1.165) is 41.6 Å². The van der Waals surface area contributed by atoms with Gasteiger partial charge in [0.15, 0.2) is 0 Å². The number of halogens is 2. The monoisotopic (exact) mass is 295 g/mol. The van der Waals surface area contributed by atoms with Crippen LogP contribution in [0.15, 0.2) is 41.3 Å². The third-order valence-electron chi connectivity index (χ3n) is 2.82. The Morgan fingerprint density at radius 3 is 2.25 bits per heavy atom. The number of nitrogens with two attached hydrogens (primary N) is 1. The zero-order chi connectivity index (χ0) is 14.5. The number of methoxy groups -OCH3 is 1. The molecule has 0 bridgehead atoms. The van der Waals surface area contributed by atoms with Gasteiger partial charge in [0.25, 0.3) is 0 Å². The van der Waals surface area contributed by atoms with Gasteiger partial charge in [0.2, 0.25) is 0 Å². The molecular formula is C15H15F2NOS. The molecular weight excluding hydrogens is 280 g/mol. The fraction of sp³-hybridized carbons (Fsp3) is 0.200. The van der Waals surface area contributed by atoms with E-state index in [1.54, 1.807) is 7.11 Å². The van der Waals surface area contributed by atoms with Crippen molar-refractivity contribution >= 4 is 17.4 Å². The van der Waals surface area contributed by atoms with E-state index in [1.807, 2.05) is 24.3 Å². The van der Waals surface area contributed by atoms with Gasteiger partial charge in [-0.15, -0.1) is 11.8 Å². The molecule has 0 saturated heterocycles. The first-order chi connectivity index (χ1) is 9.60. The smallest absolute Gasteiger partial charge is 0.141 e. The fourth-order valence-electron chi connectivity index (χ4n) is 1.78. The van der Waals surface area contributed by atoms with Crippen LogP contribution in [0.4, 0.5) is 14.5 Å². The minimum Gasteiger partial charge on any atom is -0.497 e. The number of aryl methyl sites for hydroxylation is 1. The lowest BCUT2D eigenvalue weighted by atomic mass is 10.2. The molecule has 0 unspecified atom stereocenters. The van der Waals surface area contributed by atoms with E-state index in [1.165, 1.54) is 0 Å². The van der Waals surface area contributed by atoms with Crippen molar-refractivity contribution in [3.05, 3.63) is 53.6 Å². The maximum absolute atomic E-state index is 13.6. The van der Waals surface area contributed by atoms with Crippen molar-refractivity contribution in [2.24, 2.45) is 0 Å². The Morgan fingerprint density at radius 2 is 1.70 bits per heavy atom. The largest absolute Gasteiger partial charge is 0.497 e. The minimum absolute atomic E-state index is 0.0210. The normalized spacial score (nSPS) is 10.6. The molecule has 0 spiro atoms. The highest BCUT2D eigenvalue weighted by Crippen LogP contribution is 2.28. The molecule has 2 rings (SSSR count). The zero-order valence-corrected chi connectivity index (χ0v) is 11.8. The van der Waals surface area contributed by atoms with Crippen LogP contribution in [0.2, 0.25) is 0 Å². The number of hydrogen-bond donors (Lipinski definition) is 1. The Labute approximate surface area is 120 Å². The van der Waals surface area contributed by atoms with E-state index < -0.39 is 11.6 Å². The quantitative estimate of drug-likeness (QED) is 0.671. The molecule has 0 aliphatic heterocycles. The van der Waals surface area contributed by atoms with Crippen molar-refractivity contribution in [1.82, 2.24) is 0 Å². The van der Waals surface area contributed by atoms with Crippen LogP contribution in [0.25, 0.3) is 0 Å². The summed E-state index contributed by atoms with van der Waals surface area (Å²) in [4.78, 5) is 0.0210. The molecule has 2 aromatic rings. The zero-order valence-electron chi connectivity index (χ0n) is 11.0. The Hall–Kier alpha value is -1.75. The molecule has 0 aliphatic rings. The summed E-state index contributed by atoms with van der Waals surface area (Å²) in [5.74, 6) is 0.158. The molecule has 0 atom stereocenters. The maximum atomic E-state index is 13.6. The molecule has 0 heterocycles. The first kappa shape index (κ1) is 14.7. The Morgan fingerprint density at radius 1 is 1.10 bits per heavy atom. The SMILES string of the molecule is COc1ccc(CCSc2c(F)cc(N)cc2F)cc1. The molecule has 20 heavy (non-hydrogen) atoms. The molecule has 0 saturated carbocycles. The summed E-state index contributed by atoms with van der Waals surface area (Å²) in [6.45, 7) is 0. The summed E-state index contributed by atoms with van der Waals surface area (Å²) in [6, 6.07) is 9.89. The van der Waals surface area contributed by atoms with Crippen LogP contribution in [0.1, 0.15) is 5.56 Å². The summed E-state index contributed by atoms with van der Waals surface area (Å²) in [7, 11) is 1.61. The first-order valence-electron chi connectivity index (χ1n) is 6.10. The highest BCUT2D eigenvalue weighted by Gasteiger charge is 2.10. The van der Waals surface area contributed by atoms with Crippen molar-refractivity contribution in [2.45, 2.75) is 11.3 Å². The molecule has 0 aromatic heterocycles. The van der Waals surface area contributed by atoms with Gasteiger partial charge in [0.1, 0.15) is 17.4 Å². The number of benzene rings is 2. The molecule has 2 aromatic carbocycles. The van der Waals surface area contributed by atoms with E-state index in [9.17, 15) is 8.78 Å². The number of rotatable bonds is 5. The van der Waals surface area contributed by atoms with Gasteiger partial charge in [-0.25, -0.2) is 8.78 Å². The van der Waals surface area contributed by atoms with Gasteiger partial charge in [-0.2, -0.15) is 0 Å². The average molecular weight is 295 g/mol. The van der Waals surface area contributed by atoms with Crippen molar-refractivity contribution in [3.8, 4) is 5.75 Å².